The second-order valence-corrected chi connectivity index (χ2v) is 6.59. The minimum atomic E-state index is -4.80. The van der Waals surface area contributed by atoms with Gasteiger partial charge in [-0.15, -0.1) is 0 Å². The number of ether oxygens (including phenoxy) is 1. The lowest BCUT2D eigenvalue weighted by molar-refractivity contribution is -0.188. The molecule has 2 atom stereocenters. The van der Waals surface area contributed by atoms with Crippen molar-refractivity contribution < 1.29 is 22.7 Å². The molecule has 2 fully saturated rings. The van der Waals surface area contributed by atoms with Gasteiger partial charge >= 0.3 is 12.1 Å². The first kappa shape index (κ1) is 17.5. The van der Waals surface area contributed by atoms with Gasteiger partial charge in [0.05, 0.1) is 6.61 Å². The van der Waals surface area contributed by atoms with Crippen LogP contribution in [-0.4, -0.2) is 56.4 Å². The van der Waals surface area contributed by atoms with E-state index in [0.29, 0.717) is 13.0 Å². The lowest BCUT2D eigenvalue weighted by Crippen LogP contribution is -2.52. The van der Waals surface area contributed by atoms with Crippen LogP contribution in [0.5, 0.6) is 0 Å². The maximum atomic E-state index is 12.9. The number of hydrogen-bond acceptors (Lipinski definition) is 3. The predicted molar refractivity (Wildman–Crippen MR) is 76.4 cm³/mol. The third-order valence-corrected chi connectivity index (χ3v) is 4.93. The van der Waals surface area contributed by atoms with Gasteiger partial charge in [-0.3, -0.25) is 4.79 Å². The number of nitrogens with zero attached hydrogens (tertiary/aromatic N) is 1. The Labute approximate surface area is 129 Å². The van der Waals surface area contributed by atoms with Crippen LogP contribution < -0.4 is 5.32 Å². The quantitative estimate of drug-likeness (QED) is 0.815. The monoisotopic (exact) mass is 322 g/mol. The second kappa shape index (κ2) is 6.74. The highest BCUT2D eigenvalue weighted by Crippen LogP contribution is 2.42. The average Bonchev–Trinajstić information content (AvgIpc) is 3.24. The van der Waals surface area contributed by atoms with E-state index in [1.165, 1.54) is 0 Å². The molecule has 0 aromatic carbocycles. The van der Waals surface area contributed by atoms with Crippen molar-refractivity contribution in [2.75, 3.05) is 33.4 Å². The van der Waals surface area contributed by atoms with E-state index in [1.54, 1.807) is 7.11 Å². The van der Waals surface area contributed by atoms with Gasteiger partial charge < -0.3 is 15.0 Å². The summed E-state index contributed by atoms with van der Waals surface area (Å²) in [6.07, 6.45) is -1.86. The molecular weight excluding hydrogens is 297 g/mol. The van der Waals surface area contributed by atoms with Gasteiger partial charge in [-0.05, 0) is 38.3 Å². The van der Waals surface area contributed by atoms with Crippen molar-refractivity contribution >= 4 is 5.91 Å². The van der Waals surface area contributed by atoms with Crippen molar-refractivity contribution in [1.82, 2.24) is 10.2 Å². The van der Waals surface area contributed by atoms with E-state index in [4.69, 9.17) is 4.74 Å². The first-order valence-electron chi connectivity index (χ1n) is 7.90. The number of amides is 1. The van der Waals surface area contributed by atoms with Crippen LogP contribution in [0.4, 0.5) is 13.2 Å². The number of rotatable bonds is 6. The minimum Gasteiger partial charge on any atom is -0.384 e. The fourth-order valence-electron chi connectivity index (χ4n) is 3.53. The molecule has 1 saturated carbocycles. The molecule has 1 aliphatic carbocycles. The third-order valence-electron chi connectivity index (χ3n) is 4.93. The van der Waals surface area contributed by atoms with Gasteiger partial charge in [-0.25, -0.2) is 0 Å². The van der Waals surface area contributed by atoms with Gasteiger partial charge in [0.2, 0.25) is 0 Å². The van der Waals surface area contributed by atoms with Gasteiger partial charge in [0.15, 0.2) is 0 Å². The summed E-state index contributed by atoms with van der Waals surface area (Å²) in [6, 6.07) is -0.261. The highest BCUT2D eigenvalue weighted by molar-refractivity contribution is 5.82. The molecule has 0 spiro atoms. The van der Waals surface area contributed by atoms with Gasteiger partial charge in [0.25, 0.3) is 0 Å². The SMILES string of the molecule is CCC1CC1N(CC1(COC)CCNCC1)C(=O)C(F)(F)F. The summed E-state index contributed by atoms with van der Waals surface area (Å²) >= 11 is 0. The Morgan fingerprint density at radius 1 is 1.36 bits per heavy atom. The number of methoxy groups -OCH3 is 1. The summed E-state index contributed by atoms with van der Waals surface area (Å²) in [5, 5.41) is 3.21. The van der Waals surface area contributed by atoms with Crippen LogP contribution in [0, 0.1) is 11.3 Å². The van der Waals surface area contributed by atoms with E-state index < -0.39 is 12.1 Å². The average molecular weight is 322 g/mol. The van der Waals surface area contributed by atoms with Crippen molar-refractivity contribution in [1.29, 1.82) is 0 Å². The van der Waals surface area contributed by atoms with Crippen LogP contribution in [0.1, 0.15) is 32.6 Å². The van der Waals surface area contributed by atoms with Crippen LogP contribution in [0.3, 0.4) is 0 Å². The van der Waals surface area contributed by atoms with Crippen molar-refractivity contribution in [3.8, 4) is 0 Å². The molecule has 22 heavy (non-hydrogen) atoms. The summed E-state index contributed by atoms with van der Waals surface area (Å²) in [7, 11) is 1.56. The zero-order valence-corrected chi connectivity index (χ0v) is 13.2. The van der Waals surface area contributed by atoms with Crippen LogP contribution in [0.2, 0.25) is 0 Å². The lowest BCUT2D eigenvalue weighted by Gasteiger charge is -2.41. The smallest absolute Gasteiger partial charge is 0.384 e. The molecule has 4 nitrogen and oxygen atoms in total. The lowest BCUT2D eigenvalue weighted by atomic mass is 9.79. The summed E-state index contributed by atoms with van der Waals surface area (Å²) in [6.45, 7) is 3.98. The number of carbonyl (C=O) groups is 1. The van der Waals surface area contributed by atoms with Crippen molar-refractivity contribution in [2.45, 2.75) is 44.8 Å². The van der Waals surface area contributed by atoms with E-state index in [1.807, 2.05) is 6.92 Å². The molecule has 7 heteroatoms. The molecule has 0 bridgehead atoms. The molecular formula is C15H25F3N2O2. The topological polar surface area (TPSA) is 41.6 Å². The predicted octanol–water partition coefficient (Wildman–Crippen LogP) is 2.19. The van der Waals surface area contributed by atoms with Gasteiger partial charge in [-0.2, -0.15) is 13.2 Å². The van der Waals surface area contributed by atoms with E-state index >= 15 is 0 Å². The molecule has 0 aromatic heterocycles. The van der Waals surface area contributed by atoms with Gasteiger partial charge in [-0.1, -0.05) is 13.3 Å². The van der Waals surface area contributed by atoms with E-state index in [2.05, 4.69) is 5.32 Å². The number of carbonyl (C=O) groups excluding carboxylic acids is 1. The Kier molecular flexibility index (Phi) is 5.37. The number of piperidine rings is 1. The van der Waals surface area contributed by atoms with E-state index in [-0.39, 0.29) is 23.9 Å². The molecule has 1 amide bonds. The number of hydrogen-bond donors (Lipinski definition) is 1. The van der Waals surface area contributed by atoms with Crippen molar-refractivity contribution in [2.24, 2.45) is 11.3 Å². The highest BCUT2D eigenvalue weighted by atomic mass is 19.4. The fourth-order valence-corrected chi connectivity index (χ4v) is 3.53. The summed E-state index contributed by atoms with van der Waals surface area (Å²) < 4.78 is 44.1. The zero-order valence-electron chi connectivity index (χ0n) is 13.2. The molecule has 2 unspecified atom stereocenters. The van der Waals surface area contributed by atoms with Crippen LogP contribution in [-0.2, 0) is 9.53 Å². The molecule has 0 aromatic rings. The van der Waals surface area contributed by atoms with E-state index in [9.17, 15) is 18.0 Å². The van der Waals surface area contributed by atoms with Crippen molar-refractivity contribution in [3.05, 3.63) is 0 Å². The molecule has 1 heterocycles. The van der Waals surface area contributed by atoms with Crippen LogP contribution in [0.15, 0.2) is 0 Å². The molecule has 0 radical (unpaired) electrons. The Hall–Kier alpha value is -0.820. The van der Waals surface area contributed by atoms with Crippen LogP contribution >= 0.6 is 0 Å². The number of halogens is 3. The third kappa shape index (κ3) is 3.93. The molecule has 1 N–H and O–H groups in total. The maximum absolute atomic E-state index is 12.9. The summed E-state index contributed by atoms with van der Waals surface area (Å²) in [4.78, 5) is 13.0. The zero-order chi connectivity index (χ0) is 16.4. The fraction of sp³-hybridized carbons (Fsp3) is 0.933. The summed E-state index contributed by atoms with van der Waals surface area (Å²) in [5.74, 6) is -1.49. The van der Waals surface area contributed by atoms with Crippen molar-refractivity contribution in [3.63, 3.8) is 0 Å². The summed E-state index contributed by atoms with van der Waals surface area (Å²) in [5.41, 5.74) is -0.373. The molecule has 1 aliphatic heterocycles. The molecule has 2 rings (SSSR count). The maximum Gasteiger partial charge on any atom is 0.471 e. The molecule has 1 saturated heterocycles. The van der Waals surface area contributed by atoms with Gasteiger partial charge in [0, 0.05) is 25.1 Å². The first-order valence-corrected chi connectivity index (χ1v) is 7.90. The van der Waals surface area contributed by atoms with Gasteiger partial charge in [0.1, 0.15) is 0 Å². The normalized spacial score (nSPS) is 27.5. The van der Waals surface area contributed by atoms with E-state index in [0.717, 1.165) is 37.3 Å². The highest BCUT2D eigenvalue weighted by Gasteiger charge is 2.52. The largest absolute Gasteiger partial charge is 0.471 e. The molecule has 128 valence electrons. The molecule has 2 aliphatic rings. The number of alkyl halides is 3. The standard InChI is InChI=1S/C15H25F3N2O2/c1-3-11-8-12(11)20(13(21)15(16,17)18)9-14(10-22-2)4-6-19-7-5-14/h11-12,19H,3-10H2,1-2H3. The second-order valence-electron chi connectivity index (χ2n) is 6.59. The Morgan fingerprint density at radius 2 is 2.00 bits per heavy atom. The van der Waals surface area contributed by atoms with Crippen LogP contribution in [0.25, 0.3) is 0 Å². The Bertz CT molecular complexity index is 389. The number of nitrogens with one attached hydrogen (secondary N) is 1. The minimum absolute atomic E-state index is 0.141. The Balaban J connectivity index is 2.15. The Morgan fingerprint density at radius 3 is 2.45 bits per heavy atom. The first-order chi connectivity index (χ1) is 10.3.